The summed E-state index contributed by atoms with van der Waals surface area (Å²) in [6, 6.07) is 12.8. The minimum Gasteiger partial charge on any atom is -0.335 e. The molecule has 0 unspecified atom stereocenters. The van der Waals surface area contributed by atoms with Crippen molar-refractivity contribution >= 4 is 6.03 Å². The Labute approximate surface area is 158 Å². The number of piperazine rings is 1. The highest BCUT2D eigenvalue weighted by atomic mass is 19.1. The Morgan fingerprint density at radius 1 is 1.04 bits per heavy atom. The zero-order chi connectivity index (χ0) is 19.2. The third kappa shape index (κ3) is 4.71. The van der Waals surface area contributed by atoms with Crippen molar-refractivity contribution in [3.05, 3.63) is 83.9 Å². The van der Waals surface area contributed by atoms with Crippen molar-refractivity contribution in [2.24, 2.45) is 0 Å². The quantitative estimate of drug-likeness (QED) is 0.776. The molecule has 0 atom stereocenters. The summed E-state index contributed by atoms with van der Waals surface area (Å²) < 4.78 is 26.8. The lowest BCUT2D eigenvalue weighted by Crippen LogP contribution is -3.15. The highest BCUT2D eigenvalue weighted by molar-refractivity contribution is 5.74. The number of halogens is 2. The van der Waals surface area contributed by atoms with Crippen LogP contribution in [-0.2, 0) is 0 Å². The van der Waals surface area contributed by atoms with Gasteiger partial charge in [0.25, 0.3) is 0 Å². The molecule has 2 amide bonds. The van der Waals surface area contributed by atoms with Crippen molar-refractivity contribution in [3.8, 4) is 0 Å². The summed E-state index contributed by atoms with van der Waals surface area (Å²) in [5.41, 5.74) is 1.95. The molecule has 0 spiro atoms. The van der Waals surface area contributed by atoms with Gasteiger partial charge in [0.15, 0.2) is 0 Å². The number of hydrogen-bond acceptors (Lipinski definition) is 1. The Kier molecular flexibility index (Phi) is 6.19. The maximum atomic E-state index is 13.4. The molecule has 1 aliphatic heterocycles. The van der Waals surface area contributed by atoms with Gasteiger partial charge in [-0.1, -0.05) is 6.08 Å². The SMILES string of the molecule is C=CCNC(=O)N1CC[NH+](C(c2ccc(F)cc2)c2ccc(F)cc2)CC1. The van der Waals surface area contributed by atoms with Gasteiger partial charge in [0.2, 0.25) is 0 Å². The molecule has 1 aliphatic rings. The fraction of sp³-hybridized carbons (Fsp3) is 0.286. The zero-order valence-electron chi connectivity index (χ0n) is 15.1. The highest BCUT2D eigenvalue weighted by Gasteiger charge is 2.31. The topological polar surface area (TPSA) is 36.8 Å². The van der Waals surface area contributed by atoms with E-state index in [0.29, 0.717) is 19.6 Å². The van der Waals surface area contributed by atoms with Crippen molar-refractivity contribution in [1.82, 2.24) is 10.2 Å². The van der Waals surface area contributed by atoms with Crippen molar-refractivity contribution < 1.29 is 18.5 Å². The van der Waals surface area contributed by atoms with Crippen molar-refractivity contribution in [3.63, 3.8) is 0 Å². The van der Waals surface area contributed by atoms with Crippen LogP contribution in [0, 0.1) is 11.6 Å². The van der Waals surface area contributed by atoms with Gasteiger partial charge in [0, 0.05) is 17.7 Å². The molecule has 0 saturated carbocycles. The van der Waals surface area contributed by atoms with Crippen LogP contribution in [0.5, 0.6) is 0 Å². The van der Waals surface area contributed by atoms with Gasteiger partial charge in [-0.05, 0) is 48.5 Å². The molecular weight excluding hydrogens is 348 g/mol. The molecule has 6 heteroatoms. The summed E-state index contributed by atoms with van der Waals surface area (Å²) in [6.45, 7) is 6.79. The number of hydrogen-bond donors (Lipinski definition) is 2. The summed E-state index contributed by atoms with van der Waals surface area (Å²) in [7, 11) is 0. The first-order chi connectivity index (χ1) is 13.1. The number of amides is 2. The zero-order valence-corrected chi connectivity index (χ0v) is 15.1. The van der Waals surface area contributed by atoms with Crippen LogP contribution in [0.2, 0.25) is 0 Å². The van der Waals surface area contributed by atoms with Crippen molar-refractivity contribution in [2.45, 2.75) is 6.04 Å². The number of quaternary nitrogens is 1. The fourth-order valence-electron chi connectivity index (χ4n) is 3.53. The van der Waals surface area contributed by atoms with Gasteiger partial charge >= 0.3 is 6.03 Å². The molecule has 0 aromatic heterocycles. The molecule has 2 N–H and O–H groups in total. The molecular formula is C21H24F2N3O+. The predicted molar refractivity (Wildman–Crippen MR) is 101 cm³/mol. The molecule has 27 heavy (non-hydrogen) atoms. The van der Waals surface area contributed by atoms with E-state index in [9.17, 15) is 13.6 Å². The second kappa shape index (κ2) is 8.77. The van der Waals surface area contributed by atoms with Gasteiger partial charge in [0.05, 0.1) is 26.2 Å². The Morgan fingerprint density at radius 2 is 1.52 bits per heavy atom. The molecule has 1 heterocycles. The molecule has 1 fully saturated rings. The Hall–Kier alpha value is -2.73. The number of carbonyl (C=O) groups is 1. The first-order valence-corrected chi connectivity index (χ1v) is 9.07. The van der Waals surface area contributed by atoms with E-state index in [1.54, 1.807) is 35.2 Å². The van der Waals surface area contributed by atoms with Crippen LogP contribution in [0.25, 0.3) is 0 Å². The van der Waals surface area contributed by atoms with Crippen LogP contribution in [0.4, 0.5) is 13.6 Å². The summed E-state index contributed by atoms with van der Waals surface area (Å²) in [5.74, 6) is -0.564. The van der Waals surface area contributed by atoms with E-state index in [-0.39, 0.29) is 23.7 Å². The second-order valence-electron chi connectivity index (χ2n) is 6.66. The average Bonchev–Trinajstić information content (AvgIpc) is 2.70. The normalized spacial score (nSPS) is 15.0. The van der Waals surface area contributed by atoms with E-state index in [1.165, 1.54) is 29.2 Å². The fourth-order valence-corrected chi connectivity index (χ4v) is 3.53. The first kappa shape index (κ1) is 19.0. The standard InChI is InChI=1S/C21H23F2N3O/c1-2-11-24-21(27)26-14-12-25(13-15-26)20(16-3-7-18(22)8-4-16)17-5-9-19(23)10-6-17/h2-10,20H,1,11-15H2,(H,24,27)/p+1. The molecule has 3 rings (SSSR count). The minimum atomic E-state index is -0.282. The number of carbonyl (C=O) groups excluding carboxylic acids is 1. The van der Waals surface area contributed by atoms with E-state index in [0.717, 1.165) is 24.2 Å². The van der Waals surface area contributed by atoms with Crippen LogP contribution in [0.15, 0.2) is 61.2 Å². The molecule has 4 nitrogen and oxygen atoms in total. The van der Waals surface area contributed by atoms with E-state index in [1.807, 2.05) is 0 Å². The Balaban J connectivity index is 1.78. The monoisotopic (exact) mass is 372 g/mol. The number of nitrogens with one attached hydrogen (secondary N) is 2. The summed E-state index contributed by atoms with van der Waals surface area (Å²) in [4.78, 5) is 15.2. The maximum Gasteiger partial charge on any atom is 0.318 e. The lowest BCUT2D eigenvalue weighted by molar-refractivity contribution is -0.929. The second-order valence-corrected chi connectivity index (χ2v) is 6.66. The number of nitrogens with zero attached hydrogens (tertiary/aromatic N) is 1. The molecule has 2 aromatic rings. The largest absolute Gasteiger partial charge is 0.335 e. The highest BCUT2D eigenvalue weighted by Crippen LogP contribution is 2.20. The summed E-state index contributed by atoms with van der Waals surface area (Å²) >= 11 is 0. The number of rotatable bonds is 5. The molecule has 0 bridgehead atoms. The lowest BCUT2D eigenvalue weighted by atomic mass is 9.96. The van der Waals surface area contributed by atoms with Gasteiger partial charge in [-0.2, -0.15) is 0 Å². The molecule has 142 valence electrons. The minimum absolute atomic E-state index is 0.0374. The van der Waals surface area contributed by atoms with Gasteiger partial charge in [-0.3, -0.25) is 0 Å². The molecule has 2 aromatic carbocycles. The van der Waals surface area contributed by atoms with E-state index >= 15 is 0 Å². The van der Waals surface area contributed by atoms with Gasteiger partial charge in [-0.25, -0.2) is 13.6 Å². The van der Waals surface area contributed by atoms with Crippen LogP contribution in [0.1, 0.15) is 17.2 Å². The van der Waals surface area contributed by atoms with Crippen molar-refractivity contribution in [1.29, 1.82) is 0 Å². The van der Waals surface area contributed by atoms with E-state index in [4.69, 9.17) is 0 Å². The first-order valence-electron chi connectivity index (χ1n) is 9.07. The van der Waals surface area contributed by atoms with Gasteiger partial charge < -0.3 is 15.1 Å². The van der Waals surface area contributed by atoms with E-state index < -0.39 is 0 Å². The third-order valence-corrected chi connectivity index (χ3v) is 4.91. The smallest absolute Gasteiger partial charge is 0.318 e. The number of urea groups is 1. The van der Waals surface area contributed by atoms with Crippen LogP contribution in [-0.4, -0.2) is 43.7 Å². The van der Waals surface area contributed by atoms with Crippen LogP contribution >= 0.6 is 0 Å². The molecule has 1 saturated heterocycles. The Bertz CT molecular complexity index is 724. The lowest BCUT2D eigenvalue weighted by Gasteiger charge is -2.37. The van der Waals surface area contributed by atoms with Crippen molar-refractivity contribution in [2.75, 3.05) is 32.7 Å². The number of benzene rings is 2. The molecule has 0 aliphatic carbocycles. The molecule has 0 radical (unpaired) electrons. The maximum absolute atomic E-state index is 13.4. The van der Waals surface area contributed by atoms with Crippen LogP contribution < -0.4 is 10.2 Å². The van der Waals surface area contributed by atoms with Gasteiger partial charge in [-0.15, -0.1) is 6.58 Å². The van der Waals surface area contributed by atoms with Gasteiger partial charge in [0.1, 0.15) is 17.7 Å². The average molecular weight is 372 g/mol. The van der Waals surface area contributed by atoms with Crippen LogP contribution in [0.3, 0.4) is 0 Å². The van der Waals surface area contributed by atoms with E-state index in [2.05, 4.69) is 11.9 Å². The third-order valence-electron chi connectivity index (χ3n) is 4.91. The summed E-state index contributed by atoms with van der Waals surface area (Å²) in [6.07, 6.45) is 1.65. The predicted octanol–water partition coefficient (Wildman–Crippen LogP) is 2.15. The summed E-state index contributed by atoms with van der Waals surface area (Å²) in [5, 5.41) is 2.80. The Morgan fingerprint density at radius 3 is 1.96 bits per heavy atom.